The van der Waals surface area contributed by atoms with Gasteiger partial charge in [-0.3, -0.25) is 4.79 Å². The highest BCUT2D eigenvalue weighted by Gasteiger charge is 2.12. The van der Waals surface area contributed by atoms with Gasteiger partial charge in [0.15, 0.2) is 6.61 Å². The lowest BCUT2D eigenvalue weighted by Crippen LogP contribution is -2.18. The van der Waals surface area contributed by atoms with Crippen LogP contribution in [0.3, 0.4) is 0 Å². The Labute approximate surface area is 168 Å². The zero-order valence-corrected chi connectivity index (χ0v) is 16.0. The number of ether oxygens (including phenoxy) is 1. The minimum absolute atomic E-state index is 0.0902. The molecule has 3 N–H and O–H groups in total. The third kappa shape index (κ3) is 4.66. The minimum Gasteiger partial charge on any atom is -0.507 e. The van der Waals surface area contributed by atoms with Gasteiger partial charge in [0.1, 0.15) is 11.5 Å². The van der Waals surface area contributed by atoms with Gasteiger partial charge in [0.25, 0.3) is 5.91 Å². The number of nitrogens with zero attached hydrogens (tertiary/aromatic N) is 1. The maximum Gasteiger partial charge on any atom is 0.341 e. The number of hydrogen-bond acceptors (Lipinski definition) is 5. The van der Waals surface area contributed by atoms with E-state index in [0.29, 0.717) is 11.3 Å². The van der Waals surface area contributed by atoms with Crippen LogP contribution in [-0.2, 0) is 4.79 Å². The molecule has 1 amide bonds. The molecule has 0 bridgehead atoms. The molecule has 0 saturated heterocycles. The highest BCUT2D eigenvalue weighted by molar-refractivity contribution is 9.10. The van der Waals surface area contributed by atoms with E-state index < -0.39 is 18.5 Å². The first-order valence-electron chi connectivity index (χ1n) is 8.13. The molecule has 0 radical (unpaired) electrons. The molecule has 142 valence electrons. The van der Waals surface area contributed by atoms with Crippen LogP contribution in [0.5, 0.6) is 11.5 Å². The topological polar surface area (TPSA) is 108 Å². The fourth-order valence-electron chi connectivity index (χ4n) is 2.52. The van der Waals surface area contributed by atoms with Crippen LogP contribution in [0.1, 0.15) is 15.9 Å². The average molecular weight is 443 g/mol. The van der Waals surface area contributed by atoms with Crippen molar-refractivity contribution in [2.45, 2.75) is 0 Å². The van der Waals surface area contributed by atoms with Gasteiger partial charge in [-0.15, -0.1) is 0 Å². The Morgan fingerprint density at radius 1 is 1.11 bits per heavy atom. The van der Waals surface area contributed by atoms with Crippen LogP contribution < -0.4 is 10.2 Å². The number of carboxylic acids is 1. The first-order valence-corrected chi connectivity index (χ1v) is 8.92. The van der Waals surface area contributed by atoms with Crippen LogP contribution in [0, 0.1) is 0 Å². The van der Waals surface area contributed by atoms with E-state index >= 15 is 0 Å². The summed E-state index contributed by atoms with van der Waals surface area (Å²) in [6.45, 7) is -0.500. The lowest BCUT2D eigenvalue weighted by Gasteiger charge is -2.08. The molecule has 3 aromatic rings. The number of halogens is 1. The zero-order chi connectivity index (χ0) is 20.1. The summed E-state index contributed by atoms with van der Waals surface area (Å²) in [5, 5.41) is 24.4. The van der Waals surface area contributed by atoms with Gasteiger partial charge >= 0.3 is 5.97 Å². The standard InChI is InChI=1S/C20H15BrN2O5/c21-15-5-6-18(28-11-19(25)26)14(7-15)10-22-23-20(27)16-8-12-3-1-2-4-13(12)9-17(16)24/h1-10,24H,11H2,(H,23,27)(H,25,26). The molecule has 28 heavy (non-hydrogen) atoms. The number of carboxylic acid groups (broad SMARTS) is 1. The number of rotatable bonds is 6. The number of phenols is 1. The van der Waals surface area contributed by atoms with Crippen molar-refractivity contribution in [2.75, 3.05) is 6.61 Å². The third-order valence-electron chi connectivity index (χ3n) is 3.80. The monoisotopic (exact) mass is 442 g/mol. The lowest BCUT2D eigenvalue weighted by molar-refractivity contribution is -0.139. The Hall–Kier alpha value is -3.39. The molecule has 0 saturated carbocycles. The van der Waals surface area contributed by atoms with Gasteiger partial charge in [0.05, 0.1) is 11.8 Å². The normalized spacial score (nSPS) is 10.9. The molecule has 3 aromatic carbocycles. The van der Waals surface area contributed by atoms with Crippen molar-refractivity contribution >= 4 is 44.8 Å². The van der Waals surface area contributed by atoms with Crippen molar-refractivity contribution in [3.8, 4) is 11.5 Å². The predicted octanol–water partition coefficient (Wildman–Crippen LogP) is 3.54. The third-order valence-corrected chi connectivity index (χ3v) is 4.29. The average Bonchev–Trinajstić information content (AvgIpc) is 2.66. The molecule has 3 rings (SSSR count). The van der Waals surface area contributed by atoms with Gasteiger partial charge in [-0.25, -0.2) is 10.2 Å². The van der Waals surface area contributed by atoms with Crippen molar-refractivity contribution in [1.29, 1.82) is 0 Å². The van der Waals surface area contributed by atoms with E-state index in [1.165, 1.54) is 12.3 Å². The predicted molar refractivity (Wildman–Crippen MR) is 108 cm³/mol. The molecule has 0 aromatic heterocycles. The fourth-order valence-corrected chi connectivity index (χ4v) is 2.90. The second-order valence-electron chi connectivity index (χ2n) is 5.78. The van der Waals surface area contributed by atoms with Crippen LogP contribution in [0.4, 0.5) is 0 Å². The summed E-state index contributed by atoms with van der Waals surface area (Å²) in [5.74, 6) is -1.54. The number of aliphatic carboxylic acids is 1. The summed E-state index contributed by atoms with van der Waals surface area (Å²) in [5.41, 5.74) is 2.91. The summed E-state index contributed by atoms with van der Waals surface area (Å²) >= 11 is 3.31. The number of carbonyl (C=O) groups is 2. The number of hydrazone groups is 1. The molecule has 0 unspecified atom stereocenters. The van der Waals surface area contributed by atoms with E-state index in [0.717, 1.165) is 15.2 Å². The van der Waals surface area contributed by atoms with Gasteiger partial charge in [0, 0.05) is 10.0 Å². The highest BCUT2D eigenvalue weighted by atomic mass is 79.9. The van der Waals surface area contributed by atoms with E-state index in [1.54, 1.807) is 24.3 Å². The van der Waals surface area contributed by atoms with Crippen molar-refractivity contribution in [3.05, 3.63) is 70.2 Å². The van der Waals surface area contributed by atoms with Gasteiger partial charge in [-0.1, -0.05) is 40.2 Å². The second-order valence-corrected chi connectivity index (χ2v) is 6.70. The number of nitrogens with one attached hydrogen (secondary N) is 1. The van der Waals surface area contributed by atoms with Gasteiger partial charge in [-0.05, 0) is 41.1 Å². The van der Waals surface area contributed by atoms with Crippen molar-refractivity contribution < 1.29 is 24.5 Å². The first-order chi connectivity index (χ1) is 13.4. The maximum atomic E-state index is 12.4. The Kier molecular flexibility index (Phi) is 5.90. The number of benzene rings is 3. The van der Waals surface area contributed by atoms with E-state index in [9.17, 15) is 14.7 Å². The lowest BCUT2D eigenvalue weighted by atomic mass is 10.1. The minimum atomic E-state index is -1.11. The molecular weight excluding hydrogens is 428 g/mol. The van der Waals surface area contributed by atoms with E-state index in [1.807, 2.05) is 24.3 Å². The molecule has 0 aliphatic carbocycles. The molecule has 0 aliphatic heterocycles. The van der Waals surface area contributed by atoms with Crippen LogP contribution in [0.15, 0.2) is 64.2 Å². The Morgan fingerprint density at radius 2 is 1.82 bits per heavy atom. The number of fused-ring (bicyclic) bond motifs is 1. The quantitative estimate of drug-likeness (QED) is 0.399. The Morgan fingerprint density at radius 3 is 2.54 bits per heavy atom. The van der Waals surface area contributed by atoms with Crippen molar-refractivity contribution in [3.63, 3.8) is 0 Å². The van der Waals surface area contributed by atoms with E-state index in [2.05, 4.69) is 26.5 Å². The maximum absolute atomic E-state index is 12.4. The van der Waals surface area contributed by atoms with Gasteiger partial charge < -0.3 is 14.9 Å². The molecule has 0 heterocycles. The molecule has 0 aliphatic rings. The highest BCUT2D eigenvalue weighted by Crippen LogP contribution is 2.25. The summed E-state index contributed by atoms with van der Waals surface area (Å²) in [7, 11) is 0. The summed E-state index contributed by atoms with van der Waals surface area (Å²) in [6, 6.07) is 15.4. The van der Waals surface area contributed by atoms with Crippen LogP contribution in [-0.4, -0.2) is 34.9 Å². The molecule has 7 nitrogen and oxygen atoms in total. The van der Waals surface area contributed by atoms with Crippen LogP contribution in [0.25, 0.3) is 10.8 Å². The molecule has 0 atom stereocenters. The number of hydrogen-bond donors (Lipinski definition) is 3. The van der Waals surface area contributed by atoms with Gasteiger partial charge in [-0.2, -0.15) is 5.10 Å². The first kappa shape index (κ1) is 19.4. The SMILES string of the molecule is O=C(O)COc1ccc(Br)cc1C=NNC(=O)c1cc2ccccc2cc1O. The second kappa shape index (κ2) is 8.53. The van der Waals surface area contributed by atoms with E-state index in [4.69, 9.17) is 9.84 Å². The number of carbonyl (C=O) groups excluding carboxylic acids is 1. The molecule has 8 heteroatoms. The number of phenolic OH excluding ortho intramolecular Hbond substituents is 1. The molecular formula is C20H15BrN2O5. The van der Waals surface area contributed by atoms with Crippen LogP contribution >= 0.6 is 15.9 Å². The zero-order valence-electron chi connectivity index (χ0n) is 14.4. The fraction of sp³-hybridized carbons (Fsp3) is 0.0500. The van der Waals surface area contributed by atoms with Crippen molar-refractivity contribution in [2.24, 2.45) is 5.10 Å². The van der Waals surface area contributed by atoms with Crippen LogP contribution in [0.2, 0.25) is 0 Å². The summed E-state index contributed by atoms with van der Waals surface area (Å²) < 4.78 is 5.93. The number of aromatic hydroxyl groups is 1. The summed E-state index contributed by atoms with van der Waals surface area (Å²) in [4.78, 5) is 23.1. The molecule has 0 fully saturated rings. The summed E-state index contributed by atoms with van der Waals surface area (Å²) in [6.07, 6.45) is 1.33. The van der Waals surface area contributed by atoms with E-state index in [-0.39, 0.29) is 11.3 Å². The Balaban J connectivity index is 1.77. The smallest absolute Gasteiger partial charge is 0.341 e. The molecule has 0 spiro atoms. The largest absolute Gasteiger partial charge is 0.507 e. The van der Waals surface area contributed by atoms with Crippen molar-refractivity contribution in [1.82, 2.24) is 5.43 Å². The van der Waals surface area contributed by atoms with Gasteiger partial charge in [0.2, 0.25) is 0 Å². The number of amides is 1. The Bertz CT molecular complexity index is 1080.